The molecule has 3 aromatic rings. The number of thiazole rings is 1. The van der Waals surface area contributed by atoms with E-state index in [2.05, 4.69) is 30.2 Å². The van der Waals surface area contributed by atoms with E-state index < -0.39 is 10.0 Å². The number of hydrogen-bond acceptors (Lipinski definition) is 6. The van der Waals surface area contributed by atoms with Crippen LogP contribution < -0.4 is 5.32 Å². The summed E-state index contributed by atoms with van der Waals surface area (Å²) in [5.74, 6) is 0.697. The molecule has 1 atom stereocenters. The smallest absolute Gasteiger partial charge is 0.246 e. The largest absolute Gasteiger partial charge is 0.361 e. The molecule has 0 fully saturated rings. The van der Waals surface area contributed by atoms with E-state index in [1.807, 2.05) is 45.2 Å². The van der Waals surface area contributed by atoms with E-state index in [0.29, 0.717) is 11.7 Å². The van der Waals surface area contributed by atoms with Crippen molar-refractivity contribution in [1.82, 2.24) is 14.3 Å². The molecule has 8 heteroatoms. The van der Waals surface area contributed by atoms with Gasteiger partial charge in [0, 0.05) is 31.1 Å². The molecule has 172 valence electrons. The van der Waals surface area contributed by atoms with Crippen LogP contribution in [0.25, 0.3) is 0 Å². The Labute approximate surface area is 195 Å². The van der Waals surface area contributed by atoms with Gasteiger partial charge in [0.25, 0.3) is 0 Å². The number of pyridine rings is 1. The number of rotatable bonds is 8. The monoisotopic (exact) mass is 472 g/mol. The Kier molecular flexibility index (Phi) is 7.37. The first-order valence-corrected chi connectivity index (χ1v) is 13.0. The van der Waals surface area contributed by atoms with Gasteiger partial charge < -0.3 is 5.32 Å². The molecule has 0 spiro atoms. The molecule has 2 heterocycles. The molecule has 1 unspecified atom stereocenters. The number of nitrogens with one attached hydrogen (secondary N) is 1. The first kappa shape index (κ1) is 24.4. The van der Waals surface area contributed by atoms with Gasteiger partial charge in [0.2, 0.25) is 10.0 Å². The molecule has 6 nitrogen and oxygen atoms in total. The molecule has 3 rings (SSSR count). The van der Waals surface area contributed by atoms with Crippen LogP contribution in [0.3, 0.4) is 0 Å². The van der Waals surface area contributed by atoms with Gasteiger partial charge in [0.15, 0.2) is 0 Å². The molecular weight excluding hydrogens is 440 g/mol. The quantitative estimate of drug-likeness (QED) is 0.463. The van der Waals surface area contributed by atoms with Crippen molar-refractivity contribution in [3.05, 3.63) is 68.8 Å². The summed E-state index contributed by atoms with van der Waals surface area (Å²) in [5, 5.41) is 6.35. The highest BCUT2D eigenvalue weighted by molar-refractivity contribution is 7.89. The van der Waals surface area contributed by atoms with Gasteiger partial charge in [0.05, 0.1) is 16.7 Å². The van der Waals surface area contributed by atoms with Crippen LogP contribution in [0, 0.1) is 20.8 Å². The second-order valence-electron chi connectivity index (χ2n) is 8.75. The second-order valence-corrected chi connectivity index (χ2v) is 11.7. The van der Waals surface area contributed by atoms with Crippen LogP contribution in [0.4, 0.5) is 5.82 Å². The lowest BCUT2D eigenvalue weighted by Crippen LogP contribution is -2.28. The van der Waals surface area contributed by atoms with Crippen LogP contribution in [-0.2, 0) is 16.6 Å². The van der Waals surface area contributed by atoms with Crippen LogP contribution in [0.15, 0.2) is 40.7 Å². The van der Waals surface area contributed by atoms with Gasteiger partial charge in [-0.05, 0) is 44.9 Å². The van der Waals surface area contributed by atoms with Crippen molar-refractivity contribution in [3.63, 3.8) is 0 Å². The third kappa shape index (κ3) is 5.54. The molecule has 1 aromatic carbocycles. The highest BCUT2D eigenvalue weighted by Gasteiger charge is 2.27. The summed E-state index contributed by atoms with van der Waals surface area (Å²) in [4.78, 5) is 9.30. The standard InChI is InChI=1S/C24H32N4O2S2/c1-15(2)24-27-21(14-31-24)19(6)26-23-22(11-18(5)12-25-23)32(29,30)28(7)13-20-9-16(3)8-17(4)10-20/h8-12,14-15,19H,13H2,1-7H3,(H,25,26). The average molecular weight is 473 g/mol. The Morgan fingerprint density at radius 1 is 1.03 bits per heavy atom. The predicted octanol–water partition coefficient (Wildman–Crippen LogP) is 5.58. The SMILES string of the molecule is Cc1cc(C)cc(CN(C)S(=O)(=O)c2cc(C)cnc2NC(C)c2csc(C(C)C)n2)c1. The van der Waals surface area contributed by atoms with Crippen LogP contribution in [0.5, 0.6) is 0 Å². The minimum Gasteiger partial charge on any atom is -0.361 e. The third-order valence-electron chi connectivity index (χ3n) is 5.19. The Hall–Kier alpha value is -2.29. The summed E-state index contributed by atoms with van der Waals surface area (Å²) >= 11 is 1.62. The highest BCUT2D eigenvalue weighted by atomic mass is 32.2. The molecule has 0 saturated carbocycles. The van der Waals surface area contributed by atoms with Crippen molar-refractivity contribution < 1.29 is 8.42 Å². The zero-order valence-corrected chi connectivity index (χ0v) is 21.4. The lowest BCUT2D eigenvalue weighted by atomic mass is 10.1. The van der Waals surface area contributed by atoms with E-state index in [0.717, 1.165) is 33.0 Å². The van der Waals surface area contributed by atoms with E-state index in [9.17, 15) is 8.42 Å². The minimum atomic E-state index is -3.76. The summed E-state index contributed by atoms with van der Waals surface area (Å²) in [6, 6.07) is 7.62. The van der Waals surface area contributed by atoms with Gasteiger partial charge in [-0.2, -0.15) is 4.31 Å². The van der Waals surface area contributed by atoms with Crippen molar-refractivity contribution in [2.45, 2.75) is 64.9 Å². The number of nitrogens with zero attached hydrogens (tertiary/aromatic N) is 3. The topological polar surface area (TPSA) is 75.2 Å². The molecule has 0 aliphatic rings. The molecule has 0 bridgehead atoms. The number of aromatic nitrogens is 2. The molecule has 1 N–H and O–H groups in total. The van der Waals surface area contributed by atoms with E-state index in [1.165, 1.54) is 4.31 Å². The highest BCUT2D eigenvalue weighted by Crippen LogP contribution is 2.29. The fraction of sp³-hybridized carbons (Fsp3) is 0.417. The fourth-order valence-corrected chi connectivity index (χ4v) is 5.84. The van der Waals surface area contributed by atoms with Gasteiger partial charge in [-0.3, -0.25) is 0 Å². The van der Waals surface area contributed by atoms with Crippen LogP contribution in [-0.4, -0.2) is 29.7 Å². The normalized spacial score (nSPS) is 13.0. The van der Waals surface area contributed by atoms with E-state index in [4.69, 9.17) is 4.98 Å². The van der Waals surface area contributed by atoms with Gasteiger partial charge in [-0.25, -0.2) is 18.4 Å². The first-order chi connectivity index (χ1) is 15.0. The molecular formula is C24H32N4O2S2. The molecule has 0 radical (unpaired) electrons. The molecule has 32 heavy (non-hydrogen) atoms. The summed E-state index contributed by atoms with van der Waals surface area (Å²) < 4.78 is 28.4. The maximum Gasteiger partial charge on any atom is 0.246 e. The van der Waals surface area contributed by atoms with Gasteiger partial charge in [0.1, 0.15) is 10.7 Å². The number of benzene rings is 1. The molecule has 0 saturated heterocycles. The summed E-state index contributed by atoms with van der Waals surface area (Å²) in [5.41, 5.74) is 4.86. The Balaban J connectivity index is 1.89. The molecule has 0 aliphatic carbocycles. The number of anilines is 1. The second kappa shape index (κ2) is 9.68. The zero-order chi connectivity index (χ0) is 23.6. The predicted molar refractivity (Wildman–Crippen MR) is 132 cm³/mol. The Bertz CT molecular complexity index is 1180. The van der Waals surface area contributed by atoms with Gasteiger partial charge in [-0.1, -0.05) is 43.2 Å². The molecule has 0 aliphatic heterocycles. The molecule has 2 aromatic heterocycles. The fourth-order valence-electron chi connectivity index (χ4n) is 3.56. The van der Waals surface area contributed by atoms with Gasteiger partial charge >= 0.3 is 0 Å². The minimum absolute atomic E-state index is 0.173. The van der Waals surface area contributed by atoms with Crippen molar-refractivity contribution in [3.8, 4) is 0 Å². The summed E-state index contributed by atoms with van der Waals surface area (Å²) in [6.07, 6.45) is 1.68. The Morgan fingerprint density at radius 2 is 1.69 bits per heavy atom. The number of sulfonamides is 1. The van der Waals surface area contributed by atoms with E-state index in [-0.39, 0.29) is 17.5 Å². The first-order valence-electron chi connectivity index (χ1n) is 10.7. The number of aryl methyl sites for hydroxylation is 3. The van der Waals surface area contributed by atoms with Crippen molar-refractivity contribution in [1.29, 1.82) is 0 Å². The van der Waals surface area contributed by atoms with E-state index in [1.54, 1.807) is 30.6 Å². The number of hydrogen-bond donors (Lipinski definition) is 1. The van der Waals surface area contributed by atoms with Crippen molar-refractivity contribution in [2.24, 2.45) is 0 Å². The van der Waals surface area contributed by atoms with Crippen LogP contribution in [0.2, 0.25) is 0 Å². The third-order valence-corrected chi connectivity index (χ3v) is 8.18. The van der Waals surface area contributed by atoms with E-state index >= 15 is 0 Å². The van der Waals surface area contributed by atoms with Gasteiger partial charge in [-0.15, -0.1) is 11.3 Å². The van der Waals surface area contributed by atoms with Crippen LogP contribution in [0.1, 0.15) is 65.7 Å². The average Bonchev–Trinajstić information content (AvgIpc) is 3.19. The maximum atomic E-state index is 13.5. The van der Waals surface area contributed by atoms with Crippen molar-refractivity contribution in [2.75, 3.05) is 12.4 Å². The molecule has 0 amide bonds. The zero-order valence-electron chi connectivity index (χ0n) is 19.8. The lowest BCUT2D eigenvalue weighted by Gasteiger charge is -2.21. The Morgan fingerprint density at radius 3 is 2.28 bits per heavy atom. The van der Waals surface area contributed by atoms with Crippen molar-refractivity contribution >= 4 is 27.2 Å². The summed E-state index contributed by atoms with van der Waals surface area (Å²) in [6.45, 7) is 12.4. The summed E-state index contributed by atoms with van der Waals surface area (Å²) in [7, 11) is -2.15. The maximum absolute atomic E-state index is 13.5. The van der Waals surface area contributed by atoms with Crippen LogP contribution >= 0.6 is 11.3 Å². The lowest BCUT2D eigenvalue weighted by molar-refractivity contribution is 0.466.